The first-order valence-corrected chi connectivity index (χ1v) is 12.0. The lowest BCUT2D eigenvalue weighted by Gasteiger charge is -2.19. The molecule has 2 aromatic heterocycles. The molecule has 6 nitrogen and oxygen atoms in total. The number of para-hydroxylation sites is 1. The molecule has 0 aliphatic heterocycles. The first kappa shape index (κ1) is 22.0. The van der Waals surface area contributed by atoms with Gasteiger partial charge in [0.1, 0.15) is 11.8 Å². The van der Waals surface area contributed by atoms with Gasteiger partial charge >= 0.3 is 0 Å². The average Bonchev–Trinajstić information content (AvgIpc) is 3.51. The van der Waals surface area contributed by atoms with E-state index in [0.29, 0.717) is 23.3 Å². The van der Waals surface area contributed by atoms with Crippen LogP contribution in [0.3, 0.4) is 0 Å². The number of hydrogen-bond donors (Lipinski definition) is 1. The van der Waals surface area contributed by atoms with E-state index in [0.717, 1.165) is 27.8 Å². The maximum Gasteiger partial charge on any atom is 0.273 e. The predicted molar refractivity (Wildman–Crippen MR) is 132 cm³/mol. The van der Waals surface area contributed by atoms with E-state index in [-0.39, 0.29) is 17.6 Å². The van der Waals surface area contributed by atoms with Gasteiger partial charge in [0.15, 0.2) is 11.3 Å². The second-order valence-corrected chi connectivity index (χ2v) is 8.87. The lowest BCUT2D eigenvalue weighted by Crippen LogP contribution is -2.30. The van der Waals surface area contributed by atoms with Gasteiger partial charge in [0, 0.05) is 0 Å². The molecule has 1 unspecified atom stereocenters. The number of benzene rings is 3. The molecule has 7 heteroatoms. The zero-order valence-corrected chi connectivity index (χ0v) is 19.4. The molecule has 1 N–H and O–H groups in total. The number of carbonyl (C=O) groups is 1. The summed E-state index contributed by atoms with van der Waals surface area (Å²) in [6, 6.07) is 25.7. The van der Waals surface area contributed by atoms with Crippen LogP contribution in [0, 0.1) is 6.92 Å². The van der Waals surface area contributed by atoms with Gasteiger partial charge in [-0.3, -0.25) is 4.79 Å². The highest BCUT2D eigenvalue weighted by Crippen LogP contribution is 2.27. The Balaban J connectivity index is 1.26. The van der Waals surface area contributed by atoms with Crippen molar-refractivity contribution < 1.29 is 13.6 Å². The van der Waals surface area contributed by atoms with Gasteiger partial charge in [-0.25, -0.2) is 9.97 Å². The number of hydrogen-bond acceptors (Lipinski definition) is 6. The first-order valence-electron chi connectivity index (χ1n) is 11.0. The normalized spacial score (nSPS) is 12.0. The topological polar surface area (TPSA) is 81.2 Å². The van der Waals surface area contributed by atoms with Crippen molar-refractivity contribution in [2.24, 2.45) is 0 Å². The molecule has 5 aromatic rings. The molecule has 170 valence electrons. The van der Waals surface area contributed by atoms with E-state index >= 15 is 0 Å². The Labute approximate surface area is 201 Å². The third kappa shape index (κ3) is 5.05. The SMILES string of the molecule is Cc1cccc2oc(SCc3nc(C(=O)NC(Cc4ccccc4)c4ccccc4)co3)nc12. The second-order valence-electron chi connectivity index (χ2n) is 7.94. The van der Waals surface area contributed by atoms with Crippen LogP contribution in [-0.2, 0) is 12.2 Å². The van der Waals surface area contributed by atoms with Crippen molar-refractivity contribution in [2.45, 2.75) is 30.4 Å². The molecule has 5 rings (SSSR count). The number of thioether (sulfide) groups is 1. The molecule has 1 atom stereocenters. The van der Waals surface area contributed by atoms with E-state index in [1.54, 1.807) is 0 Å². The highest BCUT2D eigenvalue weighted by Gasteiger charge is 2.19. The molecule has 0 saturated carbocycles. The monoisotopic (exact) mass is 469 g/mol. The zero-order chi connectivity index (χ0) is 23.3. The summed E-state index contributed by atoms with van der Waals surface area (Å²) < 4.78 is 11.3. The number of nitrogens with one attached hydrogen (secondary N) is 1. The molecule has 2 heterocycles. The second kappa shape index (κ2) is 9.97. The first-order chi connectivity index (χ1) is 16.7. The number of oxazole rings is 2. The van der Waals surface area contributed by atoms with Gasteiger partial charge in [-0.15, -0.1) is 0 Å². The summed E-state index contributed by atoms with van der Waals surface area (Å²) in [6.07, 6.45) is 2.07. The molecule has 1 amide bonds. The minimum Gasteiger partial charge on any atom is -0.447 e. The highest BCUT2D eigenvalue weighted by atomic mass is 32.2. The van der Waals surface area contributed by atoms with E-state index in [1.807, 2.05) is 73.7 Å². The quantitative estimate of drug-likeness (QED) is 0.275. The summed E-state index contributed by atoms with van der Waals surface area (Å²) in [5, 5.41) is 3.65. The predicted octanol–water partition coefficient (Wildman–Crippen LogP) is 6.13. The molecule has 0 saturated heterocycles. The number of rotatable bonds is 8. The summed E-state index contributed by atoms with van der Waals surface area (Å²) in [7, 11) is 0. The summed E-state index contributed by atoms with van der Waals surface area (Å²) in [6.45, 7) is 2.00. The molecule has 0 radical (unpaired) electrons. The smallest absolute Gasteiger partial charge is 0.273 e. The van der Waals surface area contributed by atoms with Crippen LogP contribution in [0.1, 0.15) is 39.1 Å². The van der Waals surface area contributed by atoms with Gasteiger partial charge < -0.3 is 14.2 Å². The molecule has 0 bridgehead atoms. The number of aromatic nitrogens is 2. The lowest BCUT2D eigenvalue weighted by molar-refractivity contribution is 0.0931. The van der Waals surface area contributed by atoms with Crippen LogP contribution >= 0.6 is 11.8 Å². The average molecular weight is 470 g/mol. The van der Waals surface area contributed by atoms with Gasteiger partial charge in [0.25, 0.3) is 11.1 Å². The number of fused-ring (bicyclic) bond motifs is 1. The van der Waals surface area contributed by atoms with Crippen LogP contribution in [0.2, 0.25) is 0 Å². The van der Waals surface area contributed by atoms with E-state index in [1.165, 1.54) is 18.0 Å². The van der Waals surface area contributed by atoms with E-state index in [2.05, 4.69) is 27.4 Å². The van der Waals surface area contributed by atoms with Gasteiger partial charge in [-0.1, -0.05) is 84.6 Å². The van der Waals surface area contributed by atoms with Crippen molar-refractivity contribution in [1.82, 2.24) is 15.3 Å². The number of amides is 1. The summed E-state index contributed by atoms with van der Waals surface area (Å²) in [5.41, 5.74) is 5.08. The van der Waals surface area contributed by atoms with E-state index in [4.69, 9.17) is 8.83 Å². The van der Waals surface area contributed by atoms with Crippen molar-refractivity contribution in [3.63, 3.8) is 0 Å². The van der Waals surface area contributed by atoms with E-state index < -0.39 is 0 Å². The van der Waals surface area contributed by atoms with Crippen molar-refractivity contribution >= 4 is 28.8 Å². The fourth-order valence-corrected chi connectivity index (χ4v) is 4.44. The Morgan fingerprint density at radius 3 is 2.50 bits per heavy atom. The molecule has 0 aliphatic carbocycles. The van der Waals surface area contributed by atoms with Gasteiger partial charge in [0.05, 0.1) is 11.8 Å². The van der Waals surface area contributed by atoms with Crippen LogP contribution in [-0.4, -0.2) is 15.9 Å². The van der Waals surface area contributed by atoms with E-state index in [9.17, 15) is 4.79 Å². The molecule has 3 aromatic carbocycles. The fraction of sp³-hybridized carbons (Fsp3) is 0.148. The van der Waals surface area contributed by atoms with Crippen LogP contribution < -0.4 is 5.32 Å². The largest absolute Gasteiger partial charge is 0.447 e. The van der Waals surface area contributed by atoms with Gasteiger partial charge in [0.2, 0.25) is 5.89 Å². The molecule has 0 aliphatic rings. The third-order valence-corrected chi connectivity index (χ3v) is 6.31. The molecular weight excluding hydrogens is 446 g/mol. The van der Waals surface area contributed by atoms with Crippen molar-refractivity contribution in [3.8, 4) is 0 Å². The maximum atomic E-state index is 13.0. The number of nitrogens with zero attached hydrogens (tertiary/aromatic N) is 2. The molecule has 0 spiro atoms. The summed E-state index contributed by atoms with van der Waals surface area (Å²) >= 11 is 1.38. The Kier molecular flexibility index (Phi) is 6.44. The van der Waals surface area contributed by atoms with Crippen LogP contribution in [0.15, 0.2) is 99.2 Å². The van der Waals surface area contributed by atoms with Crippen LogP contribution in [0.4, 0.5) is 0 Å². The van der Waals surface area contributed by atoms with Crippen molar-refractivity contribution in [1.29, 1.82) is 0 Å². The number of aryl methyl sites for hydroxylation is 1. The summed E-state index contributed by atoms with van der Waals surface area (Å²) in [4.78, 5) is 21.9. The Bertz CT molecular complexity index is 1400. The van der Waals surface area contributed by atoms with Crippen LogP contribution in [0.25, 0.3) is 11.1 Å². The highest BCUT2D eigenvalue weighted by molar-refractivity contribution is 7.98. The maximum absolute atomic E-state index is 13.0. The minimum absolute atomic E-state index is 0.186. The Hall–Kier alpha value is -3.84. The van der Waals surface area contributed by atoms with Gasteiger partial charge in [-0.2, -0.15) is 0 Å². The number of carbonyl (C=O) groups excluding carboxylic acids is 1. The fourth-order valence-electron chi connectivity index (χ4n) is 3.75. The lowest BCUT2D eigenvalue weighted by atomic mass is 9.99. The Morgan fingerprint density at radius 1 is 0.971 bits per heavy atom. The molecule has 0 fully saturated rings. The third-order valence-electron chi connectivity index (χ3n) is 5.49. The van der Waals surface area contributed by atoms with Gasteiger partial charge in [-0.05, 0) is 36.1 Å². The van der Waals surface area contributed by atoms with Crippen molar-refractivity contribution in [3.05, 3.63) is 113 Å². The minimum atomic E-state index is -0.276. The standard InChI is InChI=1S/C27H23N3O3S/c1-18-9-8-14-23-25(18)30-27(33-23)34-17-24-28-22(16-32-24)26(31)29-21(20-12-6-3-7-13-20)15-19-10-4-2-5-11-19/h2-14,16,21H,15,17H2,1H3,(H,29,31). The van der Waals surface area contributed by atoms with Crippen molar-refractivity contribution in [2.75, 3.05) is 0 Å². The summed E-state index contributed by atoms with van der Waals surface area (Å²) in [5.74, 6) is 0.571. The van der Waals surface area contributed by atoms with Crippen LogP contribution in [0.5, 0.6) is 0 Å². The molecule has 34 heavy (non-hydrogen) atoms. The molecular formula is C27H23N3O3S. The Morgan fingerprint density at radius 2 is 1.74 bits per heavy atom. The zero-order valence-electron chi connectivity index (χ0n) is 18.6.